The highest BCUT2D eigenvalue weighted by Crippen LogP contribution is 2.60. The summed E-state index contributed by atoms with van der Waals surface area (Å²) in [4.78, 5) is 15.5. The molecule has 1 unspecified atom stereocenters. The molecule has 2 aliphatic rings. The predicted molar refractivity (Wildman–Crippen MR) is 247 cm³/mol. The quantitative estimate of drug-likeness (QED) is 0.177. The second-order valence-corrected chi connectivity index (χ2v) is 17.8. The smallest absolute Gasteiger partial charge is 0.207 e. The number of rotatable bonds is 4. The topological polar surface area (TPSA) is 72.8 Å². The lowest BCUT2D eigenvalue weighted by molar-refractivity contribution is 0.581. The highest BCUT2D eigenvalue weighted by Gasteiger charge is 2.52. The molecule has 0 N–H and O–H groups in total. The van der Waals surface area contributed by atoms with Crippen LogP contribution in [0.25, 0.3) is 78.1 Å². The minimum absolute atomic E-state index is 0.311. The number of hydrogen-bond donors (Lipinski definition) is 0. The maximum absolute atomic E-state index is 15.2. The predicted octanol–water partition coefficient (Wildman–Crippen LogP) is 12.9. The summed E-state index contributed by atoms with van der Waals surface area (Å²) in [5, 5.41) is 1.58. The zero-order valence-electron chi connectivity index (χ0n) is 33.3. The summed E-state index contributed by atoms with van der Waals surface area (Å²) in [5.41, 5.74) is 13.0. The Balaban J connectivity index is 1.18. The molecule has 2 aromatic heterocycles. The third kappa shape index (κ3) is 5.33. The summed E-state index contributed by atoms with van der Waals surface area (Å²) in [5.74, 6) is 0.602. The Labute approximate surface area is 359 Å². The van der Waals surface area contributed by atoms with Crippen LogP contribution in [0.1, 0.15) is 22.3 Å². The second kappa shape index (κ2) is 13.9. The minimum Gasteiger partial charge on any atom is -0.264 e. The lowest BCUT2D eigenvalue weighted by Gasteiger charge is -2.43. The van der Waals surface area contributed by atoms with Gasteiger partial charge in [-0.15, -0.1) is 0 Å². The van der Waals surface area contributed by atoms with Gasteiger partial charge in [0.1, 0.15) is 0 Å². The van der Waals surface area contributed by atoms with E-state index < -0.39 is 15.3 Å². The van der Waals surface area contributed by atoms with E-state index in [0.717, 1.165) is 89.1 Å². The summed E-state index contributed by atoms with van der Waals surface area (Å²) in [7, 11) is -3.97. The Morgan fingerprint density at radius 2 is 1.02 bits per heavy atom. The Morgan fingerprint density at radius 3 is 1.79 bits per heavy atom. The standard InChI is InChI=1S/C56H35N3O2S/c60-62(61)53-23-11-10-22-48(53)56(49-31-29-37-13-4-5-17-42(37)54(49)62)47-21-9-8-20-45(47)43-18-6-7-19-44(43)46-30-28-40(33-50(46)56)52-34-51(38-14-2-1-3-15-38)58-55(59-52)39-26-24-36(25-27-39)41-16-12-32-57-35-41/h1-35H. The number of hydrogen-bond acceptors (Lipinski definition) is 5. The average molecular weight is 814 g/mol. The zero-order chi connectivity index (χ0) is 41.4. The summed E-state index contributed by atoms with van der Waals surface area (Å²) in [6.07, 6.45) is 3.64. The van der Waals surface area contributed by atoms with Gasteiger partial charge in [-0.2, -0.15) is 0 Å². The van der Waals surface area contributed by atoms with E-state index in [1.54, 1.807) is 12.3 Å². The molecule has 0 fully saturated rings. The van der Waals surface area contributed by atoms with E-state index in [9.17, 15) is 0 Å². The first-order valence-electron chi connectivity index (χ1n) is 20.7. The average Bonchev–Trinajstić information content (AvgIpc) is 3.45. The molecule has 5 nitrogen and oxygen atoms in total. The maximum atomic E-state index is 15.2. The third-order valence-corrected chi connectivity index (χ3v) is 14.5. The van der Waals surface area contributed by atoms with Crippen molar-refractivity contribution in [3.63, 3.8) is 0 Å². The Kier molecular flexibility index (Phi) is 8.08. The fourth-order valence-corrected chi connectivity index (χ4v) is 11.9. The summed E-state index contributed by atoms with van der Waals surface area (Å²) >= 11 is 0. The van der Waals surface area contributed by atoms with Gasteiger partial charge in [-0.05, 0) is 85.3 Å². The number of nitrogens with zero attached hydrogens (tertiary/aromatic N) is 3. The number of fused-ring (bicyclic) bond motifs is 13. The summed E-state index contributed by atoms with van der Waals surface area (Å²) in [6, 6.07) is 67.8. The van der Waals surface area contributed by atoms with Crippen LogP contribution in [0.5, 0.6) is 0 Å². The van der Waals surface area contributed by atoms with Crippen molar-refractivity contribution in [1.82, 2.24) is 15.0 Å². The van der Waals surface area contributed by atoms with E-state index in [2.05, 4.69) is 132 Å². The lowest BCUT2D eigenvalue weighted by Crippen LogP contribution is -2.38. The van der Waals surface area contributed by atoms with Crippen molar-refractivity contribution in [1.29, 1.82) is 0 Å². The van der Waals surface area contributed by atoms with Crippen LogP contribution in [0.3, 0.4) is 0 Å². The van der Waals surface area contributed by atoms with Gasteiger partial charge in [0.15, 0.2) is 5.82 Å². The van der Waals surface area contributed by atoms with Crippen LogP contribution in [0.4, 0.5) is 0 Å². The molecule has 292 valence electrons. The van der Waals surface area contributed by atoms with Crippen LogP contribution in [-0.2, 0) is 15.3 Å². The van der Waals surface area contributed by atoms with Gasteiger partial charge in [-0.1, -0.05) is 176 Å². The van der Waals surface area contributed by atoms with Gasteiger partial charge in [-0.3, -0.25) is 4.98 Å². The minimum atomic E-state index is -3.97. The number of sulfone groups is 1. The molecule has 62 heavy (non-hydrogen) atoms. The monoisotopic (exact) mass is 813 g/mol. The number of benzene rings is 8. The first-order chi connectivity index (χ1) is 30.5. The highest BCUT2D eigenvalue weighted by molar-refractivity contribution is 7.92. The van der Waals surface area contributed by atoms with E-state index in [1.807, 2.05) is 72.9 Å². The van der Waals surface area contributed by atoms with E-state index in [-0.39, 0.29) is 0 Å². The van der Waals surface area contributed by atoms with Crippen LogP contribution < -0.4 is 0 Å². The molecule has 3 heterocycles. The van der Waals surface area contributed by atoms with E-state index in [4.69, 9.17) is 9.97 Å². The van der Waals surface area contributed by atoms with E-state index in [0.29, 0.717) is 21.0 Å². The molecule has 1 spiro atoms. The normalized spacial score (nSPS) is 15.4. The molecule has 1 aliphatic heterocycles. The molecule has 6 heteroatoms. The van der Waals surface area contributed by atoms with E-state index >= 15 is 8.42 Å². The first-order valence-corrected chi connectivity index (χ1v) is 22.1. The van der Waals surface area contributed by atoms with Gasteiger partial charge in [0.25, 0.3) is 0 Å². The van der Waals surface area contributed by atoms with Crippen molar-refractivity contribution in [3.8, 4) is 67.3 Å². The number of pyridine rings is 1. The van der Waals surface area contributed by atoms with E-state index in [1.165, 1.54) is 0 Å². The molecule has 12 rings (SSSR count). The third-order valence-electron chi connectivity index (χ3n) is 12.6. The van der Waals surface area contributed by atoms with Gasteiger partial charge in [0.2, 0.25) is 9.84 Å². The zero-order valence-corrected chi connectivity index (χ0v) is 34.1. The molecular weight excluding hydrogens is 779 g/mol. The van der Waals surface area contributed by atoms with Gasteiger partial charge in [0.05, 0.1) is 26.6 Å². The van der Waals surface area contributed by atoms with Crippen LogP contribution in [0.15, 0.2) is 222 Å². The van der Waals surface area contributed by atoms with Crippen molar-refractivity contribution in [3.05, 3.63) is 235 Å². The Morgan fingerprint density at radius 1 is 0.403 bits per heavy atom. The van der Waals surface area contributed by atoms with Crippen LogP contribution in [-0.4, -0.2) is 23.4 Å². The van der Waals surface area contributed by atoms with Crippen molar-refractivity contribution in [2.45, 2.75) is 15.2 Å². The lowest BCUT2D eigenvalue weighted by atomic mass is 9.62. The fourth-order valence-electron chi connectivity index (χ4n) is 9.89. The first kappa shape index (κ1) is 36.1. The largest absolute Gasteiger partial charge is 0.264 e. The molecule has 1 atom stereocenters. The number of aromatic nitrogens is 3. The second-order valence-electron chi connectivity index (χ2n) is 15.9. The van der Waals surface area contributed by atoms with Crippen LogP contribution >= 0.6 is 0 Å². The maximum Gasteiger partial charge on any atom is 0.207 e. The molecule has 0 radical (unpaired) electrons. The molecule has 10 aromatic rings. The molecular formula is C56H35N3O2S. The molecule has 0 saturated heterocycles. The summed E-state index contributed by atoms with van der Waals surface area (Å²) in [6.45, 7) is 0. The molecule has 0 bridgehead atoms. The van der Waals surface area contributed by atoms with Gasteiger partial charge < -0.3 is 0 Å². The van der Waals surface area contributed by atoms with Crippen LogP contribution in [0.2, 0.25) is 0 Å². The fraction of sp³-hybridized carbons (Fsp3) is 0.0179. The van der Waals surface area contributed by atoms with Crippen molar-refractivity contribution in [2.24, 2.45) is 0 Å². The van der Waals surface area contributed by atoms with Gasteiger partial charge in [0, 0.05) is 34.5 Å². The van der Waals surface area contributed by atoms with Gasteiger partial charge in [-0.25, -0.2) is 18.4 Å². The SMILES string of the molecule is O=S1(=O)c2ccccc2C2(c3ccccc3-c3ccccc3-c3ccc(-c4cc(-c5ccccc5)nc(-c5ccc(-c6cccnc6)cc5)n4)cc32)c2ccc3ccccc3c21. The van der Waals surface area contributed by atoms with Gasteiger partial charge >= 0.3 is 0 Å². The molecule has 0 amide bonds. The Bertz CT molecular complexity index is 3530. The molecule has 0 saturated carbocycles. The molecule has 8 aromatic carbocycles. The highest BCUT2D eigenvalue weighted by atomic mass is 32.2. The molecule has 1 aliphatic carbocycles. The summed E-state index contributed by atoms with van der Waals surface area (Å²) < 4.78 is 30.4. The van der Waals surface area contributed by atoms with Crippen molar-refractivity contribution >= 4 is 20.6 Å². The van der Waals surface area contributed by atoms with Crippen molar-refractivity contribution in [2.75, 3.05) is 0 Å². The van der Waals surface area contributed by atoms with Crippen molar-refractivity contribution < 1.29 is 8.42 Å². The Hall–Kier alpha value is -7.80. The van der Waals surface area contributed by atoms with Crippen LogP contribution in [0, 0.1) is 0 Å².